The molecule has 21 heavy (non-hydrogen) atoms. The molecule has 0 saturated heterocycles. The lowest BCUT2D eigenvalue weighted by molar-refractivity contribution is -0.385. The van der Waals surface area contributed by atoms with Gasteiger partial charge in [0.1, 0.15) is 18.3 Å². The Bertz CT molecular complexity index is 641. The highest BCUT2D eigenvalue weighted by atomic mass is 16.6. The van der Waals surface area contributed by atoms with Gasteiger partial charge in [0.05, 0.1) is 10.5 Å². The molecule has 0 aliphatic rings. The number of rotatable bonds is 6. The number of hydrogen-bond acceptors (Lipinski definition) is 7. The summed E-state index contributed by atoms with van der Waals surface area (Å²) in [6.07, 6.45) is 3.23. The summed E-state index contributed by atoms with van der Waals surface area (Å²) in [4.78, 5) is 26.3. The summed E-state index contributed by atoms with van der Waals surface area (Å²) in [5.41, 5.74) is -0.192. The van der Waals surface area contributed by atoms with Crippen molar-refractivity contribution in [2.75, 3.05) is 17.2 Å². The third-order valence-electron chi connectivity index (χ3n) is 2.55. The number of nitrogens with one attached hydrogen (secondary N) is 2. The monoisotopic (exact) mass is 291 g/mol. The van der Waals surface area contributed by atoms with Crippen molar-refractivity contribution in [2.24, 2.45) is 0 Å². The van der Waals surface area contributed by atoms with Crippen LogP contribution in [0.15, 0.2) is 29.1 Å². The van der Waals surface area contributed by atoms with Crippen LogP contribution in [0, 0.1) is 10.1 Å². The molecule has 0 fully saturated rings. The van der Waals surface area contributed by atoms with E-state index in [1.165, 1.54) is 18.4 Å². The normalized spacial score (nSPS) is 10.1. The Morgan fingerprint density at radius 3 is 2.95 bits per heavy atom. The van der Waals surface area contributed by atoms with Gasteiger partial charge in [0, 0.05) is 18.7 Å². The molecule has 2 aromatic rings. The van der Waals surface area contributed by atoms with Crippen LogP contribution < -0.4 is 10.6 Å². The lowest BCUT2D eigenvalue weighted by Gasteiger charge is -2.09. The minimum absolute atomic E-state index is 0.0700. The molecule has 0 spiro atoms. The third-order valence-corrected chi connectivity index (χ3v) is 2.55. The maximum Gasteiger partial charge on any atom is 0.288 e. The van der Waals surface area contributed by atoms with Crippen molar-refractivity contribution in [2.45, 2.75) is 13.3 Å². The number of anilines is 2. The quantitative estimate of drug-likeness (QED) is 0.616. The number of carbonyl (C=O) groups is 1. The molecule has 1 amide bonds. The van der Waals surface area contributed by atoms with Gasteiger partial charge in [0.2, 0.25) is 0 Å². The van der Waals surface area contributed by atoms with Gasteiger partial charge in [-0.3, -0.25) is 14.9 Å². The van der Waals surface area contributed by atoms with Crippen molar-refractivity contribution >= 4 is 23.2 Å². The summed E-state index contributed by atoms with van der Waals surface area (Å²) in [5, 5.41) is 19.8. The molecule has 110 valence electrons. The van der Waals surface area contributed by atoms with E-state index in [2.05, 4.69) is 25.3 Å². The van der Waals surface area contributed by atoms with Crippen LogP contribution in [0.5, 0.6) is 0 Å². The van der Waals surface area contributed by atoms with Gasteiger partial charge in [-0.05, 0) is 6.42 Å². The molecule has 0 aromatic carbocycles. The topological polar surface area (TPSA) is 123 Å². The maximum absolute atomic E-state index is 12.2. The predicted octanol–water partition coefficient (Wildman–Crippen LogP) is 2.05. The molecule has 0 atom stereocenters. The second-order valence-electron chi connectivity index (χ2n) is 4.11. The average Bonchev–Trinajstić information content (AvgIpc) is 2.97. The van der Waals surface area contributed by atoms with Crippen molar-refractivity contribution in [3.05, 3.63) is 40.3 Å². The molecule has 9 heteroatoms. The van der Waals surface area contributed by atoms with Crippen molar-refractivity contribution in [3.8, 4) is 0 Å². The second-order valence-corrected chi connectivity index (χ2v) is 4.11. The van der Waals surface area contributed by atoms with Gasteiger partial charge in [-0.25, -0.2) is 4.98 Å². The van der Waals surface area contributed by atoms with Gasteiger partial charge in [0.25, 0.3) is 11.6 Å². The van der Waals surface area contributed by atoms with Gasteiger partial charge in [-0.15, -0.1) is 0 Å². The molecule has 0 saturated carbocycles. The van der Waals surface area contributed by atoms with E-state index in [0.717, 1.165) is 12.6 Å². The number of nitro groups is 1. The Morgan fingerprint density at radius 2 is 2.33 bits per heavy atom. The van der Waals surface area contributed by atoms with E-state index in [1.807, 2.05) is 6.92 Å². The minimum Gasteiger partial charge on any atom is -0.369 e. The molecule has 9 nitrogen and oxygen atoms in total. The van der Waals surface area contributed by atoms with Gasteiger partial charge >= 0.3 is 0 Å². The lowest BCUT2D eigenvalue weighted by atomic mass is 10.2. The highest BCUT2D eigenvalue weighted by molar-refractivity contribution is 6.07. The van der Waals surface area contributed by atoms with Crippen LogP contribution in [-0.4, -0.2) is 27.5 Å². The largest absolute Gasteiger partial charge is 0.369 e. The molecule has 2 N–H and O–H groups in total. The smallest absolute Gasteiger partial charge is 0.288 e. The summed E-state index contributed by atoms with van der Waals surface area (Å²) in [5.74, 6) is -0.0601. The first-order valence-corrected chi connectivity index (χ1v) is 6.22. The fourth-order valence-electron chi connectivity index (χ4n) is 1.57. The molecule has 0 unspecified atom stereocenters. The van der Waals surface area contributed by atoms with E-state index in [1.54, 1.807) is 0 Å². The standard InChI is InChI=1S/C12H13N5O4/c1-2-4-13-11-9(6-8(7-14-11)17(19)20)12(18)15-10-3-5-21-16-10/h3,5-7H,2,4H2,1H3,(H,13,14)(H,15,16,18). The molecular formula is C12H13N5O4. The van der Waals surface area contributed by atoms with Crippen LogP contribution in [-0.2, 0) is 0 Å². The summed E-state index contributed by atoms with van der Waals surface area (Å²) in [7, 11) is 0. The van der Waals surface area contributed by atoms with Crippen LogP contribution in [0.1, 0.15) is 23.7 Å². The van der Waals surface area contributed by atoms with Crippen molar-refractivity contribution in [3.63, 3.8) is 0 Å². The van der Waals surface area contributed by atoms with Gasteiger partial charge in [0.15, 0.2) is 5.82 Å². The van der Waals surface area contributed by atoms with Crippen molar-refractivity contribution < 1.29 is 14.2 Å². The van der Waals surface area contributed by atoms with E-state index in [-0.39, 0.29) is 22.9 Å². The fourth-order valence-corrected chi connectivity index (χ4v) is 1.57. The van der Waals surface area contributed by atoms with Gasteiger partial charge in [-0.1, -0.05) is 12.1 Å². The Balaban J connectivity index is 2.30. The first kappa shape index (κ1) is 14.4. The lowest BCUT2D eigenvalue weighted by Crippen LogP contribution is -2.16. The molecule has 0 bridgehead atoms. The molecule has 2 aromatic heterocycles. The van der Waals surface area contributed by atoms with Crippen LogP contribution in [0.3, 0.4) is 0 Å². The fraction of sp³-hybridized carbons (Fsp3) is 0.250. The Labute approximate surface area is 119 Å². The summed E-state index contributed by atoms with van der Waals surface area (Å²) < 4.78 is 4.60. The van der Waals surface area contributed by atoms with Crippen LogP contribution in [0.2, 0.25) is 0 Å². The number of nitrogens with zero attached hydrogens (tertiary/aromatic N) is 3. The van der Waals surface area contributed by atoms with E-state index in [0.29, 0.717) is 6.54 Å². The first-order chi connectivity index (χ1) is 10.1. The number of pyridine rings is 1. The number of hydrogen-bond donors (Lipinski definition) is 2. The van der Waals surface area contributed by atoms with E-state index in [9.17, 15) is 14.9 Å². The zero-order valence-electron chi connectivity index (χ0n) is 11.2. The molecule has 0 radical (unpaired) electrons. The molecule has 0 aliphatic carbocycles. The van der Waals surface area contributed by atoms with E-state index < -0.39 is 10.8 Å². The average molecular weight is 291 g/mol. The predicted molar refractivity (Wildman–Crippen MR) is 74.1 cm³/mol. The number of amides is 1. The van der Waals surface area contributed by atoms with Crippen LogP contribution in [0.25, 0.3) is 0 Å². The van der Waals surface area contributed by atoms with E-state index >= 15 is 0 Å². The Kier molecular flexibility index (Phi) is 4.44. The maximum atomic E-state index is 12.2. The zero-order valence-corrected chi connectivity index (χ0v) is 11.2. The van der Waals surface area contributed by atoms with Crippen molar-refractivity contribution in [1.29, 1.82) is 0 Å². The summed E-state index contributed by atoms with van der Waals surface area (Å²) in [6, 6.07) is 2.63. The van der Waals surface area contributed by atoms with Gasteiger partial charge < -0.3 is 15.2 Å². The Hall–Kier alpha value is -2.97. The molecule has 0 aliphatic heterocycles. The highest BCUT2D eigenvalue weighted by Gasteiger charge is 2.18. The number of aromatic nitrogens is 2. The zero-order chi connectivity index (χ0) is 15.2. The number of carbonyl (C=O) groups excluding carboxylic acids is 1. The highest BCUT2D eigenvalue weighted by Crippen LogP contribution is 2.20. The van der Waals surface area contributed by atoms with Crippen molar-refractivity contribution in [1.82, 2.24) is 10.1 Å². The first-order valence-electron chi connectivity index (χ1n) is 6.22. The Morgan fingerprint density at radius 1 is 1.52 bits per heavy atom. The minimum atomic E-state index is -0.608. The van der Waals surface area contributed by atoms with E-state index in [4.69, 9.17) is 0 Å². The SMILES string of the molecule is CCCNc1ncc([N+](=O)[O-])cc1C(=O)Nc1ccon1. The van der Waals surface area contributed by atoms with Gasteiger partial charge in [-0.2, -0.15) is 0 Å². The summed E-state index contributed by atoms with van der Waals surface area (Å²) in [6.45, 7) is 2.54. The van der Waals surface area contributed by atoms with Crippen LogP contribution >= 0.6 is 0 Å². The molecular weight excluding hydrogens is 278 g/mol. The third kappa shape index (κ3) is 3.53. The van der Waals surface area contributed by atoms with Crippen LogP contribution in [0.4, 0.5) is 17.3 Å². The second kappa shape index (κ2) is 6.46. The molecule has 2 rings (SSSR count). The molecule has 2 heterocycles. The summed E-state index contributed by atoms with van der Waals surface area (Å²) >= 11 is 0.